The van der Waals surface area contributed by atoms with Crippen molar-refractivity contribution in [1.82, 2.24) is 9.97 Å². The molecule has 3 N–H and O–H groups in total. The molecule has 96 valence electrons. The number of rotatable bonds is 3. The van der Waals surface area contributed by atoms with Crippen molar-refractivity contribution in [3.8, 4) is 11.3 Å². The van der Waals surface area contributed by atoms with Crippen LogP contribution in [0.3, 0.4) is 0 Å². The minimum absolute atomic E-state index is 0.602. The van der Waals surface area contributed by atoms with Gasteiger partial charge in [0, 0.05) is 12.0 Å². The summed E-state index contributed by atoms with van der Waals surface area (Å²) in [6.45, 7) is 6.97. The number of benzene rings is 1. The third-order valence-electron chi connectivity index (χ3n) is 3.19. The van der Waals surface area contributed by atoms with Gasteiger partial charge in [0.25, 0.3) is 0 Å². The van der Waals surface area contributed by atoms with Crippen molar-refractivity contribution in [3.05, 3.63) is 39.3 Å². The standard InChI is InChI=1S/C14H18BrN3/c1-8-6-10(3)11(7-9(8)2)13-14(15)18-12(17-13)4-5-16/h6-7H,4-5,16H2,1-3H3,(H,17,18). The van der Waals surface area contributed by atoms with Gasteiger partial charge in [-0.05, 0) is 66.0 Å². The molecule has 18 heavy (non-hydrogen) atoms. The molecule has 0 amide bonds. The van der Waals surface area contributed by atoms with Crippen molar-refractivity contribution >= 4 is 15.9 Å². The van der Waals surface area contributed by atoms with Crippen LogP contribution in [0.25, 0.3) is 11.3 Å². The van der Waals surface area contributed by atoms with Crippen LogP contribution < -0.4 is 5.73 Å². The maximum Gasteiger partial charge on any atom is 0.110 e. The first-order valence-corrected chi connectivity index (χ1v) is 6.85. The predicted octanol–water partition coefficient (Wildman–Crippen LogP) is 3.27. The lowest BCUT2D eigenvalue weighted by Crippen LogP contribution is -2.03. The molecular weight excluding hydrogens is 290 g/mol. The lowest BCUT2D eigenvalue weighted by atomic mass is 9.99. The number of aryl methyl sites for hydroxylation is 3. The Morgan fingerprint density at radius 3 is 2.50 bits per heavy atom. The van der Waals surface area contributed by atoms with Crippen LogP contribution in [0.2, 0.25) is 0 Å². The molecule has 4 heteroatoms. The van der Waals surface area contributed by atoms with Gasteiger partial charge in [-0.25, -0.2) is 4.98 Å². The minimum atomic E-state index is 0.602. The molecule has 2 aromatic rings. The van der Waals surface area contributed by atoms with Crippen LogP contribution in [0.5, 0.6) is 0 Å². The molecule has 2 rings (SSSR count). The molecule has 0 atom stereocenters. The summed E-state index contributed by atoms with van der Waals surface area (Å²) in [6, 6.07) is 4.40. The van der Waals surface area contributed by atoms with E-state index in [1.54, 1.807) is 0 Å². The highest BCUT2D eigenvalue weighted by Gasteiger charge is 2.13. The highest BCUT2D eigenvalue weighted by molar-refractivity contribution is 9.10. The Morgan fingerprint density at radius 1 is 1.17 bits per heavy atom. The third-order valence-corrected chi connectivity index (χ3v) is 3.76. The molecule has 0 aliphatic rings. The van der Waals surface area contributed by atoms with Crippen LogP contribution in [0, 0.1) is 20.8 Å². The fraction of sp³-hybridized carbons (Fsp3) is 0.357. The number of aromatic nitrogens is 2. The number of hydrogen-bond acceptors (Lipinski definition) is 2. The summed E-state index contributed by atoms with van der Waals surface area (Å²) in [5, 5.41) is 0. The quantitative estimate of drug-likeness (QED) is 0.914. The molecular formula is C14H18BrN3. The zero-order valence-electron chi connectivity index (χ0n) is 11.0. The van der Waals surface area contributed by atoms with Crippen molar-refractivity contribution in [2.24, 2.45) is 5.73 Å². The second-order valence-corrected chi connectivity index (χ2v) is 5.43. The summed E-state index contributed by atoms with van der Waals surface area (Å²) in [7, 11) is 0. The summed E-state index contributed by atoms with van der Waals surface area (Å²) in [6.07, 6.45) is 0.766. The molecule has 0 saturated carbocycles. The number of nitrogens with zero attached hydrogens (tertiary/aromatic N) is 1. The average molecular weight is 308 g/mol. The van der Waals surface area contributed by atoms with E-state index in [1.165, 1.54) is 22.3 Å². The Kier molecular flexibility index (Phi) is 3.88. The SMILES string of the molecule is Cc1cc(C)c(-c2nc(CCN)[nH]c2Br)cc1C. The monoisotopic (exact) mass is 307 g/mol. The van der Waals surface area contributed by atoms with Crippen LogP contribution >= 0.6 is 15.9 Å². The molecule has 0 bridgehead atoms. The van der Waals surface area contributed by atoms with E-state index in [0.717, 1.165) is 22.5 Å². The zero-order valence-corrected chi connectivity index (χ0v) is 12.6. The van der Waals surface area contributed by atoms with Crippen LogP contribution in [-0.4, -0.2) is 16.5 Å². The van der Waals surface area contributed by atoms with Gasteiger partial charge in [0.15, 0.2) is 0 Å². The van der Waals surface area contributed by atoms with Crippen molar-refractivity contribution in [2.45, 2.75) is 27.2 Å². The number of halogens is 1. The second kappa shape index (κ2) is 5.24. The Hall–Kier alpha value is -1.13. The van der Waals surface area contributed by atoms with Crippen LogP contribution in [0.15, 0.2) is 16.7 Å². The first-order valence-electron chi connectivity index (χ1n) is 6.05. The van der Waals surface area contributed by atoms with E-state index < -0.39 is 0 Å². The van der Waals surface area contributed by atoms with Gasteiger partial charge in [-0.3, -0.25) is 0 Å². The number of hydrogen-bond donors (Lipinski definition) is 2. The van der Waals surface area contributed by atoms with Crippen molar-refractivity contribution in [2.75, 3.05) is 6.54 Å². The van der Waals surface area contributed by atoms with Crippen molar-refractivity contribution < 1.29 is 0 Å². The Balaban J connectivity index is 2.51. The maximum atomic E-state index is 5.56. The van der Waals surface area contributed by atoms with E-state index in [4.69, 9.17) is 5.73 Å². The molecule has 1 heterocycles. The Bertz CT molecular complexity index is 573. The molecule has 0 unspecified atom stereocenters. The van der Waals surface area contributed by atoms with Gasteiger partial charge in [0.1, 0.15) is 16.1 Å². The smallest absolute Gasteiger partial charge is 0.110 e. The number of imidazole rings is 1. The van der Waals surface area contributed by atoms with E-state index in [0.29, 0.717) is 6.54 Å². The van der Waals surface area contributed by atoms with E-state index in [1.807, 2.05) is 0 Å². The summed E-state index contributed by atoms with van der Waals surface area (Å²) in [4.78, 5) is 7.85. The molecule has 3 nitrogen and oxygen atoms in total. The molecule has 0 fully saturated rings. The first kappa shape index (κ1) is 13.3. The molecule has 0 radical (unpaired) electrons. The molecule has 1 aromatic heterocycles. The molecule has 1 aromatic carbocycles. The van der Waals surface area contributed by atoms with E-state index in [2.05, 4.69) is 58.8 Å². The van der Waals surface area contributed by atoms with Gasteiger partial charge in [-0.15, -0.1) is 0 Å². The van der Waals surface area contributed by atoms with Crippen LogP contribution in [0.1, 0.15) is 22.5 Å². The largest absolute Gasteiger partial charge is 0.336 e. The molecule has 0 aliphatic carbocycles. The van der Waals surface area contributed by atoms with Crippen LogP contribution in [-0.2, 0) is 6.42 Å². The van der Waals surface area contributed by atoms with Gasteiger partial charge in [-0.1, -0.05) is 6.07 Å². The summed E-state index contributed by atoms with van der Waals surface area (Å²) in [5.74, 6) is 0.928. The normalized spacial score (nSPS) is 10.9. The van der Waals surface area contributed by atoms with Gasteiger partial charge in [-0.2, -0.15) is 0 Å². The Morgan fingerprint density at radius 2 is 1.83 bits per heavy atom. The van der Waals surface area contributed by atoms with Gasteiger partial charge >= 0.3 is 0 Å². The first-order chi connectivity index (χ1) is 8.52. The molecule has 0 saturated heterocycles. The summed E-state index contributed by atoms with van der Waals surface area (Å²) < 4.78 is 0.928. The number of H-pyrrole nitrogens is 1. The van der Waals surface area contributed by atoms with Crippen LogP contribution in [0.4, 0.5) is 0 Å². The molecule has 0 spiro atoms. The zero-order chi connectivity index (χ0) is 13.3. The van der Waals surface area contributed by atoms with Crippen molar-refractivity contribution in [3.63, 3.8) is 0 Å². The van der Waals surface area contributed by atoms with E-state index in [9.17, 15) is 0 Å². The van der Waals surface area contributed by atoms with E-state index in [-0.39, 0.29) is 0 Å². The van der Waals surface area contributed by atoms with E-state index >= 15 is 0 Å². The van der Waals surface area contributed by atoms with Gasteiger partial charge < -0.3 is 10.7 Å². The lowest BCUT2D eigenvalue weighted by molar-refractivity contribution is 0.893. The average Bonchev–Trinajstić information content (AvgIpc) is 2.65. The maximum absolute atomic E-state index is 5.56. The fourth-order valence-corrected chi connectivity index (χ4v) is 2.58. The second-order valence-electron chi connectivity index (χ2n) is 4.64. The van der Waals surface area contributed by atoms with Gasteiger partial charge in [0.05, 0.1) is 0 Å². The number of nitrogens with two attached hydrogens (primary N) is 1. The summed E-state index contributed by atoms with van der Waals surface area (Å²) >= 11 is 3.54. The third kappa shape index (κ3) is 2.49. The van der Waals surface area contributed by atoms with Crippen molar-refractivity contribution in [1.29, 1.82) is 0 Å². The lowest BCUT2D eigenvalue weighted by Gasteiger charge is -2.08. The number of aromatic amines is 1. The highest BCUT2D eigenvalue weighted by Crippen LogP contribution is 2.30. The fourth-order valence-electron chi connectivity index (χ4n) is 2.05. The molecule has 0 aliphatic heterocycles. The minimum Gasteiger partial charge on any atom is -0.336 e. The highest BCUT2D eigenvalue weighted by atomic mass is 79.9. The predicted molar refractivity (Wildman–Crippen MR) is 78.7 cm³/mol. The Labute approximate surface area is 116 Å². The summed E-state index contributed by atoms with van der Waals surface area (Å²) in [5.41, 5.74) is 11.5. The van der Waals surface area contributed by atoms with Gasteiger partial charge in [0.2, 0.25) is 0 Å². The topological polar surface area (TPSA) is 54.7 Å². The number of nitrogens with one attached hydrogen (secondary N) is 1.